The molecule has 0 saturated carbocycles. The van der Waals surface area contributed by atoms with Crippen LogP contribution in [-0.4, -0.2) is 37.4 Å². The van der Waals surface area contributed by atoms with Crippen LogP contribution >= 0.6 is 0 Å². The Morgan fingerprint density at radius 1 is 1.38 bits per heavy atom. The Morgan fingerprint density at radius 2 is 2.10 bits per heavy atom. The number of hydrogen-bond donors (Lipinski definition) is 2. The largest absolute Gasteiger partial charge is 0.384 e. The lowest BCUT2D eigenvalue weighted by atomic mass is 10.0. The zero-order valence-electron chi connectivity index (χ0n) is 13.1. The van der Waals surface area contributed by atoms with Crippen molar-refractivity contribution in [3.8, 4) is 11.8 Å². The standard InChI is InChI=1S/C17H23NO3/c1-12(2)16(11-21-4)18-17(20)15-9-13(3)8-14(10-15)6-5-7-19/h8-10,12,16,19H,7,11H2,1-4H3,(H,18,20). The topological polar surface area (TPSA) is 58.6 Å². The molecule has 1 amide bonds. The van der Waals surface area contributed by atoms with E-state index in [-0.39, 0.29) is 24.5 Å². The highest BCUT2D eigenvalue weighted by Crippen LogP contribution is 2.11. The number of aliphatic hydroxyl groups excluding tert-OH is 1. The molecule has 0 bridgehead atoms. The van der Waals surface area contributed by atoms with Crippen LogP contribution in [0, 0.1) is 24.7 Å². The highest BCUT2D eigenvalue weighted by Gasteiger charge is 2.17. The highest BCUT2D eigenvalue weighted by atomic mass is 16.5. The number of amides is 1. The lowest BCUT2D eigenvalue weighted by molar-refractivity contribution is 0.0866. The minimum atomic E-state index is -0.196. The van der Waals surface area contributed by atoms with Crippen LogP contribution in [0.1, 0.15) is 35.3 Å². The summed E-state index contributed by atoms with van der Waals surface area (Å²) in [5.41, 5.74) is 2.25. The minimum Gasteiger partial charge on any atom is -0.384 e. The third kappa shape index (κ3) is 5.58. The van der Waals surface area contributed by atoms with Gasteiger partial charge in [-0.05, 0) is 36.6 Å². The lowest BCUT2D eigenvalue weighted by Crippen LogP contribution is -2.41. The van der Waals surface area contributed by atoms with Crippen molar-refractivity contribution in [3.63, 3.8) is 0 Å². The summed E-state index contributed by atoms with van der Waals surface area (Å²) < 4.78 is 5.14. The molecule has 0 saturated heterocycles. The van der Waals surface area contributed by atoms with E-state index in [0.717, 1.165) is 11.1 Å². The molecule has 1 atom stereocenters. The van der Waals surface area contributed by atoms with Crippen molar-refractivity contribution < 1.29 is 14.6 Å². The summed E-state index contributed by atoms with van der Waals surface area (Å²) >= 11 is 0. The van der Waals surface area contributed by atoms with Crippen molar-refractivity contribution in [2.75, 3.05) is 20.3 Å². The predicted molar refractivity (Wildman–Crippen MR) is 83.1 cm³/mol. The zero-order valence-corrected chi connectivity index (χ0v) is 13.1. The van der Waals surface area contributed by atoms with Gasteiger partial charge >= 0.3 is 0 Å². The Balaban J connectivity index is 2.93. The summed E-state index contributed by atoms with van der Waals surface area (Å²) in [7, 11) is 1.62. The van der Waals surface area contributed by atoms with E-state index in [1.54, 1.807) is 13.2 Å². The Hall–Kier alpha value is -1.83. The van der Waals surface area contributed by atoms with Crippen LogP contribution in [0.3, 0.4) is 0 Å². The number of hydrogen-bond acceptors (Lipinski definition) is 3. The maximum absolute atomic E-state index is 12.3. The molecule has 0 aliphatic rings. The Morgan fingerprint density at radius 3 is 2.67 bits per heavy atom. The molecule has 4 heteroatoms. The molecule has 0 fully saturated rings. The maximum Gasteiger partial charge on any atom is 0.251 e. The number of ether oxygens (including phenoxy) is 1. The van der Waals surface area contributed by atoms with E-state index in [1.165, 1.54) is 0 Å². The predicted octanol–water partition coefficient (Wildman–Crippen LogP) is 1.74. The Labute approximate surface area is 126 Å². The maximum atomic E-state index is 12.3. The quantitative estimate of drug-likeness (QED) is 0.812. The van der Waals surface area contributed by atoms with Crippen molar-refractivity contribution in [3.05, 3.63) is 34.9 Å². The van der Waals surface area contributed by atoms with Crippen LogP contribution in [0.5, 0.6) is 0 Å². The second-order valence-electron chi connectivity index (χ2n) is 5.33. The number of carbonyl (C=O) groups excluding carboxylic acids is 1. The fourth-order valence-corrected chi connectivity index (χ4v) is 1.96. The molecule has 0 radical (unpaired) electrons. The first-order chi connectivity index (χ1) is 9.97. The molecule has 0 aromatic heterocycles. The van der Waals surface area contributed by atoms with Gasteiger partial charge in [0.2, 0.25) is 0 Å². The van der Waals surface area contributed by atoms with E-state index in [4.69, 9.17) is 9.84 Å². The zero-order chi connectivity index (χ0) is 15.8. The molecule has 1 aromatic rings. The molecular formula is C17H23NO3. The monoisotopic (exact) mass is 289 g/mol. The van der Waals surface area contributed by atoms with Gasteiger partial charge in [-0.2, -0.15) is 0 Å². The molecule has 0 spiro atoms. The van der Waals surface area contributed by atoms with Crippen LogP contribution in [0.2, 0.25) is 0 Å². The molecule has 21 heavy (non-hydrogen) atoms. The van der Waals surface area contributed by atoms with Gasteiger partial charge in [-0.1, -0.05) is 25.7 Å². The van der Waals surface area contributed by atoms with Crippen LogP contribution in [0.15, 0.2) is 18.2 Å². The van der Waals surface area contributed by atoms with Gasteiger partial charge in [0.1, 0.15) is 6.61 Å². The molecule has 0 heterocycles. The number of nitrogens with one attached hydrogen (secondary N) is 1. The average molecular weight is 289 g/mol. The van der Waals surface area contributed by atoms with Gasteiger partial charge < -0.3 is 15.2 Å². The lowest BCUT2D eigenvalue weighted by Gasteiger charge is -2.21. The molecule has 0 aliphatic heterocycles. The third-order valence-electron chi connectivity index (χ3n) is 3.12. The summed E-state index contributed by atoms with van der Waals surface area (Å²) in [5.74, 6) is 5.57. The normalized spacial score (nSPS) is 11.7. The van der Waals surface area contributed by atoms with Crippen LogP contribution < -0.4 is 5.32 Å². The summed E-state index contributed by atoms with van der Waals surface area (Å²) in [6, 6.07) is 5.41. The molecule has 1 rings (SSSR count). The van der Waals surface area contributed by atoms with Crippen LogP contribution in [-0.2, 0) is 4.74 Å². The third-order valence-corrected chi connectivity index (χ3v) is 3.12. The Bertz CT molecular complexity index is 541. The van der Waals surface area contributed by atoms with E-state index >= 15 is 0 Å². The van der Waals surface area contributed by atoms with Crippen LogP contribution in [0.25, 0.3) is 0 Å². The average Bonchev–Trinajstić information content (AvgIpc) is 2.43. The van der Waals surface area contributed by atoms with Crippen LogP contribution in [0.4, 0.5) is 0 Å². The fourth-order valence-electron chi connectivity index (χ4n) is 1.96. The van der Waals surface area contributed by atoms with Gasteiger partial charge in [0.15, 0.2) is 0 Å². The molecule has 4 nitrogen and oxygen atoms in total. The van der Waals surface area contributed by atoms with Crippen molar-refractivity contribution in [2.45, 2.75) is 26.8 Å². The van der Waals surface area contributed by atoms with E-state index in [1.807, 2.05) is 32.9 Å². The number of carbonyl (C=O) groups is 1. The van der Waals surface area contributed by atoms with Gasteiger partial charge in [-0.25, -0.2) is 0 Å². The number of rotatable bonds is 5. The number of aryl methyl sites for hydroxylation is 1. The van der Waals surface area contributed by atoms with E-state index in [9.17, 15) is 4.79 Å². The van der Waals surface area contributed by atoms with Crippen molar-refractivity contribution in [1.82, 2.24) is 5.32 Å². The molecule has 0 aliphatic carbocycles. The SMILES string of the molecule is COCC(NC(=O)c1cc(C)cc(C#CCO)c1)C(C)C. The smallest absolute Gasteiger partial charge is 0.251 e. The number of benzene rings is 1. The van der Waals surface area contributed by atoms with E-state index < -0.39 is 0 Å². The molecule has 1 unspecified atom stereocenters. The number of methoxy groups -OCH3 is 1. The van der Waals surface area contributed by atoms with Crippen molar-refractivity contribution in [1.29, 1.82) is 0 Å². The van der Waals surface area contributed by atoms with Crippen molar-refractivity contribution >= 4 is 5.91 Å². The highest BCUT2D eigenvalue weighted by molar-refractivity contribution is 5.95. The summed E-state index contributed by atoms with van der Waals surface area (Å²) in [6.07, 6.45) is 0. The minimum absolute atomic E-state index is 0.0324. The van der Waals surface area contributed by atoms with Gasteiger partial charge in [0.05, 0.1) is 12.6 Å². The first kappa shape index (κ1) is 17.2. The summed E-state index contributed by atoms with van der Waals surface area (Å²) in [5, 5.41) is 11.7. The molecular weight excluding hydrogens is 266 g/mol. The van der Waals surface area contributed by atoms with Gasteiger partial charge in [0.25, 0.3) is 5.91 Å². The van der Waals surface area contributed by atoms with E-state index in [2.05, 4.69) is 17.2 Å². The van der Waals surface area contributed by atoms with Crippen molar-refractivity contribution in [2.24, 2.45) is 5.92 Å². The first-order valence-corrected chi connectivity index (χ1v) is 6.99. The fraction of sp³-hybridized carbons (Fsp3) is 0.471. The molecule has 114 valence electrons. The molecule has 1 aromatic carbocycles. The number of aliphatic hydroxyl groups is 1. The summed E-state index contributed by atoms with van der Waals surface area (Å²) in [6.45, 7) is 6.28. The van der Waals surface area contributed by atoms with Gasteiger partial charge in [-0.15, -0.1) is 0 Å². The molecule has 2 N–H and O–H groups in total. The Kier molecular flexibility index (Phi) is 6.93. The summed E-state index contributed by atoms with van der Waals surface area (Å²) in [4.78, 5) is 12.3. The van der Waals surface area contributed by atoms with E-state index in [0.29, 0.717) is 12.2 Å². The second kappa shape index (κ2) is 8.46. The first-order valence-electron chi connectivity index (χ1n) is 6.99. The van der Waals surface area contributed by atoms with Gasteiger partial charge in [-0.3, -0.25) is 4.79 Å². The van der Waals surface area contributed by atoms with Gasteiger partial charge in [0, 0.05) is 18.2 Å². The second-order valence-corrected chi connectivity index (χ2v) is 5.33.